The number of nitrogens with zero attached hydrogens (tertiary/aromatic N) is 2. The Morgan fingerprint density at radius 1 is 0.978 bits per heavy atom. The first-order valence-electron chi connectivity index (χ1n) is 16.5. The van der Waals surface area contributed by atoms with Crippen LogP contribution in [0.1, 0.15) is 92.2 Å². The van der Waals surface area contributed by atoms with Crippen LogP contribution in [-0.2, 0) is 14.3 Å². The van der Waals surface area contributed by atoms with Gasteiger partial charge in [-0.15, -0.1) is 11.3 Å². The number of quaternary nitrogens is 1. The van der Waals surface area contributed by atoms with Crippen LogP contribution in [0, 0.1) is 23.2 Å². The van der Waals surface area contributed by atoms with Gasteiger partial charge < -0.3 is 15.0 Å². The van der Waals surface area contributed by atoms with E-state index in [1.165, 1.54) is 25.0 Å². The zero-order chi connectivity index (χ0) is 31.5. The number of aromatic nitrogens is 1. The van der Waals surface area contributed by atoms with Crippen molar-refractivity contribution in [3.05, 3.63) is 64.8 Å². The number of hydrogen-bond donors (Lipinski definition) is 2. The standard InChI is InChI=1S/C36H43FN4O3S/c1-39-31-17-16-27(19-30(31)33(37)38)23-8-6-22(7-9-23)21-41(35(42)25-12-14-26(15-13-25)36(43)44-2)29-5-3-4-28(18-29)32-20-40-34(45-32)24-10-11-24/h3-5,16-20,22-26,38-39H,6-15,21H2,1-2H3/p+1. The predicted octanol–water partition coefficient (Wildman–Crippen LogP) is 7.09. The van der Waals surface area contributed by atoms with E-state index in [9.17, 15) is 14.0 Å². The number of methoxy groups -OCH3 is 1. The van der Waals surface area contributed by atoms with Gasteiger partial charge in [-0.2, -0.15) is 4.39 Å². The van der Waals surface area contributed by atoms with Gasteiger partial charge in [0.15, 0.2) is 0 Å². The van der Waals surface area contributed by atoms with Crippen molar-refractivity contribution >= 4 is 40.6 Å². The van der Waals surface area contributed by atoms with Crippen LogP contribution in [0.5, 0.6) is 0 Å². The number of hydrogen-bond acceptors (Lipinski definition) is 6. The number of nitrogens with one attached hydrogen (secondary N) is 1. The van der Waals surface area contributed by atoms with E-state index in [0.29, 0.717) is 55.5 Å². The number of carbonyl (C=O) groups is 2. The van der Waals surface area contributed by atoms with Crippen molar-refractivity contribution in [3.63, 3.8) is 0 Å². The second-order valence-electron chi connectivity index (χ2n) is 13.1. The fourth-order valence-corrected chi connectivity index (χ4v) is 8.34. The minimum absolute atomic E-state index is 0.112. The first-order chi connectivity index (χ1) is 21.8. The summed E-state index contributed by atoms with van der Waals surface area (Å²) in [5, 5.41) is 10.6. The van der Waals surface area contributed by atoms with Gasteiger partial charge in [0, 0.05) is 36.3 Å². The van der Waals surface area contributed by atoms with E-state index in [4.69, 9.17) is 10.1 Å². The van der Waals surface area contributed by atoms with Gasteiger partial charge >= 0.3 is 5.97 Å². The van der Waals surface area contributed by atoms with Gasteiger partial charge in [-0.25, -0.2) is 4.98 Å². The quantitative estimate of drug-likeness (QED) is 0.142. The molecule has 238 valence electrons. The van der Waals surface area contributed by atoms with Crippen molar-refractivity contribution < 1.29 is 24.0 Å². The molecule has 3 N–H and O–H groups in total. The van der Waals surface area contributed by atoms with Gasteiger partial charge in [0.25, 0.3) is 0 Å². The Labute approximate surface area is 269 Å². The van der Waals surface area contributed by atoms with Crippen molar-refractivity contribution in [1.29, 1.82) is 5.41 Å². The molecule has 0 radical (unpaired) electrons. The summed E-state index contributed by atoms with van der Waals surface area (Å²) < 4.78 is 19.0. The van der Waals surface area contributed by atoms with Crippen LogP contribution in [0.3, 0.4) is 0 Å². The fraction of sp³-hybridized carbons (Fsp3) is 0.500. The fourth-order valence-electron chi connectivity index (χ4n) is 7.26. The highest BCUT2D eigenvalue weighted by Gasteiger charge is 2.35. The maximum atomic E-state index is 14.3. The molecule has 3 aliphatic carbocycles. The summed E-state index contributed by atoms with van der Waals surface area (Å²) in [6, 6.07) is 14.2. The van der Waals surface area contributed by atoms with Crippen LogP contribution in [0.4, 0.5) is 15.8 Å². The SMILES string of the molecule is C[NH2+]c1ccc(C2CCC(CN(C(=O)C3CCC(C(=O)OC)CC3)c3cccc(-c4cnc(C5CC5)s4)c3)CC2)cc1C(=N)F. The first kappa shape index (κ1) is 31.5. The molecule has 2 aromatic carbocycles. The van der Waals surface area contributed by atoms with Crippen LogP contribution in [0.25, 0.3) is 10.4 Å². The number of ether oxygens (including phenoxy) is 1. The van der Waals surface area contributed by atoms with Crippen LogP contribution in [0.2, 0.25) is 0 Å². The van der Waals surface area contributed by atoms with Crippen molar-refractivity contribution in [2.24, 2.45) is 17.8 Å². The molecule has 9 heteroatoms. The average Bonchev–Trinajstić information content (AvgIpc) is 3.82. The Bertz CT molecular complexity index is 1540. The normalized spacial score (nSPS) is 23.4. The van der Waals surface area contributed by atoms with E-state index in [0.717, 1.165) is 53.1 Å². The number of nitrogens with two attached hydrogens (primary N) is 1. The van der Waals surface area contributed by atoms with Crippen molar-refractivity contribution in [2.75, 3.05) is 25.6 Å². The second-order valence-corrected chi connectivity index (χ2v) is 14.1. The third-order valence-corrected chi connectivity index (χ3v) is 11.4. The third-order valence-electron chi connectivity index (χ3n) is 10.2. The zero-order valence-electron chi connectivity index (χ0n) is 26.3. The number of amides is 1. The van der Waals surface area contributed by atoms with E-state index >= 15 is 0 Å². The number of rotatable bonds is 10. The van der Waals surface area contributed by atoms with E-state index in [1.54, 1.807) is 11.3 Å². The van der Waals surface area contributed by atoms with Crippen molar-refractivity contribution in [1.82, 2.24) is 4.98 Å². The summed E-state index contributed by atoms with van der Waals surface area (Å²) in [5.74, 6) is 0.138. The molecule has 3 saturated carbocycles. The van der Waals surface area contributed by atoms with Crippen LogP contribution < -0.4 is 10.2 Å². The Balaban J connectivity index is 1.19. The molecule has 1 aromatic heterocycles. The van der Waals surface area contributed by atoms with Crippen LogP contribution in [-0.4, -0.2) is 43.5 Å². The molecule has 3 aromatic rings. The lowest BCUT2D eigenvalue weighted by Gasteiger charge is -2.36. The van der Waals surface area contributed by atoms with Gasteiger partial charge in [0.1, 0.15) is 5.69 Å². The molecule has 1 heterocycles. The summed E-state index contributed by atoms with van der Waals surface area (Å²) in [6.07, 6.45) is 11.1. The number of esters is 1. The summed E-state index contributed by atoms with van der Waals surface area (Å²) in [5.41, 5.74) is 4.22. The molecule has 0 unspecified atom stereocenters. The molecule has 0 aliphatic heterocycles. The Hall–Kier alpha value is -3.43. The molecule has 3 aliphatic rings. The number of carbonyl (C=O) groups excluding carboxylic acids is 2. The maximum absolute atomic E-state index is 14.3. The molecule has 0 spiro atoms. The largest absolute Gasteiger partial charge is 0.469 e. The first-order valence-corrected chi connectivity index (χ1v) is 17.3. The molecular weight excluding hydrogens is 587 g/mol. The lowest BCUT2D eigenvalue weighted by molar-refractivity contribution is -0.539. The van der Waals surface area contributed by atoms with E-state index in [1.807, 2.05) is 41.7 Å². The predicted molar refractivity (Wildman–Crippen MR) is 176 cm³/mol. The number of thiazole rings is 1. The minimum atomic E-state index is -0.891. The monoisotopic (exact) mass is 631 g/mol. The number of anilines is 1. The Morgan fingerprint density at radius 3 is 2.36 bits per heavy atom. The number of benzene rings is 2. The van der Waals surface area contributed by atoms with E-state index in [2.05, 4.69) is 29.2 Å². The summed E-state index contributed by atoms with van der Waals surface area (Å²) >= 11 is 1.76. The topological polar surface area (TPSA) is 100.0 Å². The summed E-state index contributed by atoms with van der Waals surface area (Å²) in [6.45, 7) is 0.659. The van der Waals surface area contributed by atoms with E-state index in [-0.39, 0.29) is 23.7 Å². The molecule has 7 nitrogen and oxygen atoms in total. The van der Waals surface area contributed by atoms with Crippen LogP contribution in [0.15, 0.2) is 48.7 Å². The second kappa shape index (κ2) is 13.9. The summed E-state index contributed by atoms with van der Waals surface area (Å²) in [7, 11) is 3.30. The van der Waals surface area contributed by atoms with E-state index < -0.39 is 5.97 Å². The highest BCUT2D eigenvalue weighted by molar-refractivity contribution is 7.15. The highest BCUT2D eigenvalue weighted by Crippen LogP contribution is 2.44. The molecule has 0 bridgehead atoms. The zero-order valence-corrected chi connectivity index (χ0v) is 27.1. The average molecular weight is 632 g/mol. The minimum Gasteiger partial charge on any atom is -0.469 e. The lowest BCUT2D eigenvalue weighted by atomic mass is 9.77. The van der Waals surface area contributed by atoms with Gasteiger partial charge in [0.05, 0.1) is 35.5 Å². The molecule has 3 fully saturated rings. The molecular formula is C36H44FN4O3S+. The lowest BCUT2D eigenvalue weighted by Crippen LogP contribution is -2.73. The van der Waals surface area contributed by atoms with Crippen molar-refractivity contribution in [2.45, 2.75) is 76.0 Å². The highest BCUT2D eigenvalue weighted by atomic mass is 32.1. The Morgan fingerprint density at radius 2 is 1.69 bits per heavy atom. The number of halogens is 1. The van der Waals surface area contributed by atoms with Gasteiger partial charge in [0.2, 0.25) is 11.9 Å². The molecule has 6 rings (SSSR count). The molecule has 0 atom stereocenters. The molecule has 1 amide bonds. The van der Waals surface area contributed by atoms with Gasteiger partial charge in [-0.3, -0.25) is 15.0 Å². The maximum Gasteiger partial charge on any atom is 0.308 e. The van der Waals surface area contributed by atoms with Crippen LogP contribution >= 0.6 is 11.3 Å². The third kappa shape index (κ3) is 7.20. The Kier molecular flexibility index (Phi) is 9.75. The van der Waals surface area contributed by atoms with Gasteiger partial charge in [-0.05, 0) is 105 Å². The smallest absolute Gasteiger partial charge is 0.308 e. The molecule has 45 heavy (non-hydrogen) atoms. The van der Waals surface area contributed by atoms with Crippen molar-refractivity contribution in [3.8, 4) is 10.4 Å². The molecule has 0 saturated heterocycles. The van der Waals surface area contributed by atoms with Gasteiger partial charge in [-0.1, -0.05) is 18.2 Å². The summed E-state index contributed by atoms with van der Waals surface area (Å²) in [4.78, 5) is 34.2.